The van der Waals surface area contributed by atoms with E-state index in [1.165, 1.54) is 7.11 Å². The van der Waals surface area contributed by atoms with E-state index in [-0.39, 0.29) is 0 Å². The van der Waals surface area contributed by atoms with Crippen molar-refractivity contribution < 1.29 is 12.6 Å². The second-order valence-corrected chi connectivity index (χ2v) is 7.61. The second kappa shape index (κ2) is 4.35. The van der Waals surface area contributed by atoms with Crippen LogP contribution in [0.2, 0.25) is 0 Å². The minimum atomic E-state index is -3.60. The lowest BCUT2D eigenvalue weighted by molar-refractivity contribution is 0.149. The van der Waals surface area contributed by atoms with Crippen LogP contribution in [0.5, 0.6) is 0 Å². The molecule has 0 unspecified atom stereocenters. The molecule has 4 heteroatoms. The van der Waals surface area contributed by atoms with Gasteiger partial charge in [-0.25, -0.2) is 0 Å². The smallest absolute Gasteiger partial charge is 0.270 e. The lowest BCUT2D eigenvalue weighted by Gasteiger charge is -2.43. The van der Waals surface area contributed by atoms with Gasteiger partial charge in [-0.15, -0.1) is 0 Å². The zero-order valence-electron chi connectivity index (χ0n) is 11.4. The topological polar surface area (TPSA) is 43.4 Å². The Kier molecular flexibility index (Phi) is 3.28. The highest BCUT2D eigenvalue weighted by atomic mass is 32.2. The largest absolute Gasteiger partial charge is 0.296 e. The quantitative estimate of drug-likeness (QED) is 0.790. The van der Waals surface area contributed by atoms with Crippen LogP contribution >= 0.6 is 0 Å². The van der Waals surface area contributed by atoms with Crippen LogP contribution in [0.4, 0.5) is 0 Å². The number of aryl methyl sites for hydroxylation is 1. The monoisotopic (exact) mass is 268 g/mol. The highest BCUT2D eigenvalue weighted by Crippen LogP contribution is 2.51. The Bertz CT molecular complexity index is 550. The third-order valence-electron chi connectivity index (χ3n) is 3.69. The van der Waals surface area contributed by atoms with E-state index in [2.05, 4.69) is 18.0 Å². The van der Waals surface area contributed by atoms with Crippen LogP contribution in [0, 0.1) is 12.3 Å². The van der Waals surface area contributed by atoms with Gasteiger partial charge in [0.25, 0.3) is 10.1 Å². The van der Waals surface area contributed by atoms with Crippen molar-refractivity contribution in [1.82, 2.24) is 0 Å². The van der Waals surface area contributed by atoms with Crippen molar-refractivity contribution in [3.8, 4) is 0 Å². The Morgan fingerprint density at radius 1 is 1.28 bits per heavy atom. The normalized spacial score (nSPS) is 19.6. The lowest BCUT2D eigenvalue weighted by Crippen LogP contribution is -2.30. The summed E-state index contributed by atoms with van der Waals surface area (Å²) in [6.07, 6.45) is 2.06. The van der Waals surface area contributed by atoms with Gasteiger partial charge >= 0.3 is 0 Å². The summed E-state index contributed by atoms with van der Waals surface area (Å²) in [5.74, 6) is 0.333. The molecule has 1 saturated carbocycles. The van der Waals surface area contributed by atoms with Crippen LogP contribution < -0.4 is 0 Å². The maximum Gasteiger partial charge on any atom is 0.296 e. The molecule has 0 spiro atoms. The van der Waals surface area contributed by atoms with Gasteiger partial charge < -0.3 is 0 Å². The maximum atomic E-state index is 11.9. The fourth-order valence-corrected chi connectivity index (χ4v) is 3.73. The van der Waals surface area contributed by atoms with E-state index in [1.54, 1.807) is 6.07 Å². The van der Waals surface area contributed by atoms with Crippen LogP contribution in [0.3, 0.4) is 0 Å². The summed E-state index contributed by atoms with van der Waals surface area (Å²) in [5, 5.41) is 0. The van der Waals surface area contributed by atoms with Gasteiger partial charge in [-0.05, 0) is 42.7 Å². The molecule has 0 heterocycles. The first-order valence-corrected chi connectivity index (χ1v) is 7.57. The Labute approximate surface area is 109 Å². The average Bonchev–Trinajstić information content (AvgIpc) is 2.25. The molecule has 100 valence electrons. The Hall–Kier alpha value is -0.870. The molecular weight excluding hydrogens is 248 g/mol. The molecule has 1 aromatic carbocycles. The summed E-state index contributed by atoms with van der Waals surface area (Å²) >= 11 is 0. The molecule has 0 radical (unpaired) electrons. The fourth-order valence-electron chi connectivity index (χ4n) is 2.80. The number of hydrogen-bond donors (Lipinski definition) is 0. The van der Waals surface area contributed by atoms with Gasteiger partial charge in [0.2, 0.25) is 0 Å². The van der Waals surface area contributed by atoms with Crippen LogP contribution in [-0.4, -0.2) is 15.5 Å². The van der Waals surface area contributed by atoms with Crippen molar-refractivity contribution in [3.63, 3.8) is 0 Å². The summed E-state index contributed by atoms with van der Waals surface area (Å²) in [7, 11) is -2.39. The van der Waals surface area contributed by atoms with Crippen LogP contribution in [0.15, 0.2) is 23.1 Å². The molecule has 2 rings (SSSR count). The van der Waals surface area contributed by atoms with Crippen molar-refractivity contribution in [1.29, 1.82) is 0 Å². The summed E-state index contributed by atoms with van der Waals surface area (Å²) < 4.78 is 28.5. The zero-order chi connectivity index (χ0) is 13.6. The summed E-state index contributed by atoms with van der Waals surface area (Å²) in [4.78, 5) is 0.330. The predicted octanol–water partition coefficient (Wildman–Crippen LogP) is 3.23. The first-order chi connectivity index (χ1) is 8.25. The van der Waals surface area contributed by atoms with Gasteiger partial charge in [-0.1, -0.05) is 31.5 Å². The van der Waals surface area contributed by atoms with Gasteiger partial charge in [-0.3, -0.25) is 4.18 Å². The van der Waals surface area contributed by atoms with Crippen molar-refractivity contribution in [2.24, 2.45) is 5.41 Å². The van der Waals surface area contributed by atoms with Crippen LogP contribution in [0.25, 0.3) is 0 Å². The fraction of sp³-hybridized carbons (Fsp3) is 0.571. The maximum absolute atomic E-state index is 11.9. The molecule has 0 aromatic heterocycles. The summed E-state index contributed by atoms with van der Waals surface area (Å²) in [6, 6.07) is 5.46. The minimum Gasteiger partial charge on any atom is -0.270 e. The molecule has 0 N–H and O–H groups in total. The SMILES string of the molecule is COS(=O)(=O)c1ccc(C)cc1C1CC(C)(C)C1. The molecule has 0 aliphatic heterocycles. The minimum absolute atomic E-state index is 0.322. The number of benzene rings is 1. The van der Waals surface area contributed by atoms with E-state index in [0.717, 1.165) is 24.0 Å². The predicted molar refractivity (Wildman–Crippen MR) is 71.1 cm³/mol. The Morgan fingerprint density at radius 2 is 1.89 bits per heavy atom. The van der Waals surface area contributed by atoms with E-state index in [1.807, 2.05) is 19.1 Å². The average molecular weight is 268 g/mol. The standard InChI is InChI=1S/C14H20O3S/c1-10-5-6-13(18(15,16)17-4)12(7-10)11-8-14(2,3)9-11/h5-7,11H,8-9H2,1-4H3. The van der Waals surface area contributed by atoms with Crippen molar-refractivity contribution in [2.45, 2.75) is 44.4 Å². The highest BCUT2D eigenvalue weighted by molar-refractivity contribution is 7.86. The molecule has 1 aliphatic carbocycles. The number of hydrogen-bond acceptors (Lipinski definition) is 3. The third-order valence-corrected chi connectivity index (χ3v) is 5.04. The van der Waals surface area contributed by atoms with Crippen LogP contribution in [-0.2, 0) is 14.3 Å². The first-order valence-electron chi connectivity index (χ1n) is 6.16. The van der Waals surface area contributed by atoms with Gasteiger partial charge in [0.15, 0.2) is 0 Å². The summed E-state index contributed by atoms with van der Waals surface area (Å²) in [6.45, 7) is 6.41. The van der Waals surface area contributed by atoms with Crippen LogP contribution in [0.1, 0.15) is 43.7 Å². The van der Waals surface area contributed by atoms with Crippen molar-refractivity contribution in [3.05, 3.63) is 29.3 Å². The molecule has 1 aliphatic rings. The molecule has 18 heavy (non-hydrogen) atoms. The van der Waals surface area contributed by atoms with E-state index < -0.39 is 10.1 Å². The molecule has 0 saturated heterocycles. The van der Waals surface area contributed by atoms with E-state index in [9.17, 15) is 8.42 Å². The third kappa shape index (κ3) is 2.45. The van der Waals surface area contributed by atoms with Gasteiger partial charge in [0.1, 0.15) is 0 Å². The lowest BCUT2D eigenvalue weighted by atomic mass is 9.62. The van der Waals surface area contributed by atoms with E-state index >= 15 is 0 Å². The van der Waals surface area contributed by atoms with Crippen molar-refractivity contribution >= 4 is 10.1 Å². The molecule has 1 aromatic rings. The Morgan fingerprint density at radius 3 is 2.39 bits per heavy atom. The van der Waals surface area contributed by atoms with E-state index in [0.29, 0.717) is 16.2 Å². The molecule has 0 bridgehead atoms. The second-order valence-electron chi connectivity index (χ2n) is 5.93. The molecule has 0 atom stereocenters. The van der Waals surface area contributed by atoms with Crippen molar-refractivity contribution in [2.75, 3.05) is 7.11 Å². The van der Waals surface area contributed by atoms with Gasteiger partial charge in [0, 0.05) is 0 Å². The molecule has 1 fully saturated rings. The highest BCUT2D eigenvalue weighted by Gasteiger charge is 2.39. The zero-order valence-corrected chi connectivity index (χ0v) is 12.2. The van der Waals surface area contributed by atoms with Gasteiger partial charge in [-0.2, -0.15) is 8.42 Å². The summed E-state index contributed by atoms with van der Waals surface area (Å²) in [5.41, 5.74) is 2.32. The molecular formula is C14H20O3S. The van der Waals surface area contributed by atoms with Gasteiger partial charge in [0.05, 0.1) is 12.0 Å². The Balaban J connectivity index is 2.43. The first kappa shape index (κ1) is 13.6. The molecule has 0 amide bonds. The van der Waals surface area contributed by atoms with E-state index in [4.69, 9.17) is 0 Å². The number of rotatable bonds is 3. The molecule has 3 nitrogen and oxygen atoms in total.